The van der Waals surface area contributed by atoms with Crippen molar-refractivity contribution in [2.75, 3.05) is 7.05 Å². The highest BCUT2D eigenvalue weighted by Crippen LogP contribution is 2.31. The third-order valence-electron chi connectivity index (χ3n) is 5.10. The molecule has 2 heterocycles. The van der Waals surface area contributed by atoms with Gasteiger partial charge < -0.3 is 5.32 Å². The number of nitrogens with one attached hydrogen (secondary N) is 1. The maximum Gasteiger partial charge on any atom is 0.267 e. The fourth-order valence-corrected chi connectivity index (χ4v) is 3.64. The summed E-state index contributed by atoms with van der Waals surface area (Å²) in [5.74, 6) is -1.79. The van der Waals surface area contributed by atoms with Gasteiger partial charge in [-0.1, -0.05) is 0 Å². The molecule has 0 unspecified atom stereocenters. The van der Waals surface area contributed by atoms with Crippen molar-refractivity contribution in [2.24, 2.45) is 5.10 Å². The van der Waals surface area contributed by atoms with Crippen LogP contribution in [-0.2, 0) is 16.0 Å². The number of benzene rings is 1. The lowest BCUT2D eigenvalue weighted by atomic mass is 9.92. The van der Waals surface area contributed by atoms with E-state index in [4.69, 9.17) is 0 Å². The number of rotatable bonds is 3. The maximum absolute atomic E-state index is 14.2. The molecule has 0 fully saturated rings. The SMILES string of the molecule is CN1N=C(C(=O)N[C@@H]2CCCc3c2cnn3-c2ccc(F)cc2F)CCC1=O. The summed E-state index contributed by atoms with van der Waals surface area (Å²) in [6.07, 6.45) is 4.35. The lowest BCUT2D eigenvalue weighted by Gasteiger charge is -2.25. The van der Waals surface area contributed by atoms with Crippen LogP contribution in [-0.4, -0.2) is 39.4 Å². The molecular weight excluding hydrogens is 368 g/mol. The van der Waals surface area contributed by atoms with E-state index in [-0.39, 0.29) is 30.0 Å². The van der Waals surface area contributed by atoms with E-state index in [0.29, 0.717) is 18.6 Å². The third-order valence-corrected chi connectivity index (χ3v) is 5.10. The molecule has 2 amide bonds. The van der Waals surface area contributed by atoms with Gasteiger partial charge >= 0.3 is 0 Å². The van der Waals surface area contributed by atoms with E-state index in [2.05, 4.69) is 15.5 Å². The number of halogens is 2. The molecule has 4 rings (SSSR count). The van der Waals surface area contributed by atoms with E-state index in [1.165, 1.54) is 28.9 Å². The number of nitrogens with zero attached hydrogens (tertiary/aromatic N) is 4. The van der Waals surface area contributed by atoms with Crippen LogP contribution in [0.1, 0.15) is 43.0 Å². The number of fused-ring (bicyclic) bond motifs is 1. The van der Waals surface area contributed by atoms with Crippen molar-refractivity contribution >= 4 is 17.5 Å². The molecular formula is C19H19F2N5O2. The van der Waals surface area contributed by atoms with E-state index >= 15 is 0 Å². The van der Waals surface area contributed by atoms with Crippen molar-refractivity contribution in [3.05, 3.63) is 47.3 Å². The zero-order valence-electron chi connectivity index (χ0n) is 15.3. The molecule has 2 aliphatic rings. The van der Waals surface area contributed by atoms with Gasteiger partial charge in [0.2, 0.25) is 5.91 Å². The van der Waals surface area contributed by atoms with Gasteiger partial charge in [0.1, 0.15) is 17.2 Å². The van der Waals surface area contributed by atoms with E-state index in [1.807, 2.05) is 0 Å². The number of carbonyl (C=O) groups excluding carboxylic acids is 2. The Labute approximate surface area is 160 Å². The summed E-state index contributed by atoms with van der Waals surface area (Å²) < 4.78 is 28.9. The molecule has 1 aliphatic heterocycles. The van der Waals surface area contributed by atoms with Gasteiger partial charge in [0.05, 0.1) is 12.2 Å². The monoisotopic (exact) mass is 387 g/mol. The van der Waals surface area contributed by atoms with E-state index in [1.54, 1.807) is 6.20 Å². The van der Waals surface area contributed by atoms with E-state index in [9.17, 15) is 18.4 Å². The fraction of sp³-hybridized carbons (Fsp3) is 0.368. The summed E-state index contributed by atoms with van der Waals surface area (Å²) >= 11 is 0. The second-order valence-electron chi connectivity index (χ2n) is 6.94. The van der Waals surface area contributed by atoms with Crippen LogP contribution in [0.5, 0.6) is 0 Å². The van der Waals surface area contributed by atoms with E-state index in [0.717, 1.165) is 30.2 Å². The predicted molar refractivity (Wildman–Crippen MR) is 96.7 cm³/mol. The minimum absolute atomic E-state index is 0.126. The Balaban J connectivity index is 1.59. The Hall–Kier alpha value is -3.10. The smallest absolute Gasteiger partial charge is 0.267 e. The standard InChI is InChI=1S/C19H19F2N5O2/c1-25-18(27)8-6-15(24-25)19(28)23-14-3-2-4-16-12(14)10-22-26(16)17-7-5-11(20)9-13(17)21/h5,7,9-10,14H,2-4,6,8H2,1H3,(H,23,28)/t14-/m1/s1. The zero-order chi connectivity index (χ0) is 19.8. The van der Waals surface area contributed by atoms with Gasteiger partial charge in [-0.05, 0) is 31.4 Å². The average Bonchev–Trinajstić information content (AvgIpc) is 3.09. The number of aromatic nitrogens is 2. The molecule has 28 heavy (non-hydrogen) atoms. The molecule has 0 bridgehead atoms. The van der Waals surface area contributed by atoms with Crippen LogP contribution in [0.3, 0.4) is 0 Å². The Kier molecular flexibility index (Phi) is 4.66. The molecule has 146 valence electrons. The largest absolute Gasteiger partial charge is 0.344 e. The molecule has 1 aliphatic carbocycles. The van der Waals surface area contributed by atoms with Crippen molar-refractivity contribution in [1.82, 2.24) is 20.1 Å². The first-order valence-corrected chi connectivity index (χ1v) is 9.11. The fourth-order valence-electron chi connectivity index (χ4n) is 3.64. The molecule has 7 nitrogen and oxygen atoms in total. The molecule has 1 N–H and O–H groups in total. The van der Waals surface area contributed by atoms with Gasteiger partial charge in [-0.3, -0.25) is 9.59 Å². The highest BCUT2D eigenvalue weighted by atomic mass is 19.1. The first-order chi connectivity index (χ1) is 13.4. The molecule has 0 radical (unpaired) electrons. The molecule has 1 aromatic heterocycles. The summed E-state index contributed by atoms with van der Waals surface area (Å²) in [5.41, 5.74) is 2.08. The maximum atomic E-state index is 14.2. The van der Waals surface area contributed by atoms with Gasteiger partial charge in [0.15, 0.2) is 5.82 Å². The first-order valence-electron chi connectivity index (χ1n) is 9.11. The molecule has 0 saturated carbocycles. The summed E-state index contributed by atoms with van der Waals surface area (Å²) in [4.78, 5) is 24.1. The normalized spacial score (nSPS) is 19.2. The number of hydrogen-bond donors (Lipinski definition) is 1. The Morgan fingerprint density at radius 2 is 2.07 bits per heavy atom. The lowest BCUT2D eigenvalue weighted by Crippen LogP contribution is -2.40. The summed E-state index contributed by atoms with van der Waals surface area (Å²) in [6, 6.07) is 3.08. The minimum atomic E-state index is -0.693. The number of amides is 2. The van der Waals surface area contributed by atoms with Gasteiger partial charge in [-0.2, -0.15) is 10.2 Å². The third kappa shape index (κ3) is 3.28. The second-order valence-corrected chi connectivity index (χ2v) is 6.94. The van der Waals surface area contributed by atoms with Crippen LogP contribution in [0.2, 0.25) is 0 Å². The average molecular weight is 387 g/mol. The molecule has 1 aromatic carbocycles. The van der Waals surface area contributed by atoms with Crippen LogP contribution in [0.4, 0.5) is 8.78 Å². The molecule has 0 saturated heterocycles. The van der Waals surface area contributed by atoms with Crippen molar-refractivity contribution in [1.29, 1.82) is 0 Å². The Bertz CT molecular complexity index is 985. The predicted octanol–water partition coefficient (Wildman–Crippen LogP) is 2.25. The van der Waals surface area contributed by atoms with Crippen LogP contribution in [0, 0.1) is 11.6 Å². The van der Waals surface area contributed by atoms with Gasteiger partial charge in [-0.25, -0.2) is 18.5 Å². The second kappa shape index (κ2) is 7.14. The first kappa shape index (κ1) is 18.3. The summed E-state index contributed by atoms with van der Waals surface area (Å²) in [5, 5.41) is 12.4. The Morgan fingerprint density at radius 1 is 1.25 bits per heavy atom. The molecule has 2 aromatic rings. The van der Waals surface area contributed by atoms with Gasteiger partial charge in [0, 0.05) is 37.2 Å². The Morgan fingerprint density at radius 3 is 2.82 bits per heavy atom. The van der Waals surface area contributed by atoms with Crippen LogP contribution in [0.15, 0.2) is 29.5 Å². The van der Waals surface area contributed by atoms with Crippen molar-refractivity contribution in [2.45, 2.75) is 38.1 Å². The summed E-state index contributed by atoms with van der Waals surface area (Å²) in [7, 11) is 1.52. The quantitative estimate of drug-likeness (QED) is 0.877. The van der Waals surface area contributed by atoms with Crippen molar-refractivity contribution in [3.8, 4) is 5.69 Å². The van der Waals surface area contributed by atoms with Crippen LogP contribution < -0.4 is 5.32 Å². The van der Waals surface area contributed by atoms with Crippen LogP contribution in [0.25, 0.3) is 5.69 Å². The molecule has 1 atom stereocenters. The zero-order valence-corrected chi connectivity index (χ0v) is 15.3. The highest BCUT2D eigenvalue weighted by Gasteiger charge is 2.29. The van der Waals surface area contributed by atoms with Crippen LogP contribution >= 0.6 is 0 Å². The summed E-state index contributed by atoms with van der Waals surface area (Å²) in [6.45, 7) is 0. The van der Waals surface area contributed by atoms with Crippen molar-refractivity contribution in [3.63, 3.8) is 0 Å². The van der Waals surface area contributed by atoms with Crippen molar-refractivity contribution < 1.29 is 18.4 Å². The number of hydrazone groups is 1. The van der Waals surface area contributed by atoms with Gasteiger partial charge in [0.25, 0.3) is 5.91 Å². The topological polar surface area (TPSA) is 79.6 Å². The van der Waals surface area contributed by atoms with E-state index < -0.39 is 11.6 Å². The minimum Gasteiger partial charge on any atom is -0.344 e. The van der Waals surface area contributed by atoms with Gasteiger partial charge in [-0.15, -0.1) is 0 Å². The lowest BCUT2D eigenvalue weighted by molar-refractivity contribution is -0.130. The molecule has 9 heteroatoms. The number of carbonyl (C=O) groups is 2. The highest BCUT2D eigenvalue weighted by molar-refractivity contribution is 6.39. The number of hydrogen-bond acceptors (Lipinski definition) is 4. The molecule has 0 spiro atoms.